The van der Waals surface area contributed by atoms with E-state index in [-0.39, 0.29) is 0 Å². The van der Waals surface area contributed by atoms with E-state index >= 15 is 0 Å². The van der Waals surface area contributed by atoms with Crippen LogP contribution in [0.5, 0.6) is 0 Å². The quantitative estimate of drug-likeness (QED) is 0.928. The van der Waals surface area contributed by atoms with E-state index in [1.54, 1.807) is 0 Å². The number of alkyl halides is 3. The van der Waals surface area contributed by atoms with Crippen LogP contribution in [-0.2, 0) is 12.7 Å². The smallest absolute Gasteiger partial charge is 0.314 e. The van der Waals surface area contributed by atoms with Crippen molar-refractivity contribution in [1.29, 1.82) is 0 Å². The van der Waals surface area contributed by atoms with Crippen LogP contribution in [0, 0.1) is 5.92 Å². The van der Waals surface area contributed by atoms with Gasteiger partial charge in [-0.1, -0.05) is 0 Å². The summed E-state index contributed by atoms with van der Waals surface area (Å²) in [5.41, 5.74) is 0. The van der Waals surface area contributed by atoms with Crippen LogP contribution in [0.15, 0.2) is 6.20 Å². The molecule has 0 aliphatic carbocycles. The maximum atomic E-state index is 12.5. The summed E-state index contributed by atoms with van der Waals surface area (Å²) in [5, 5.41) is 2.83. The Morgan fingerprint density at radius 1 is 1.29 bits per heavy atom. The van der Waals surface area contributed by atoms with Gasteiger partial charge in [0, 0.05) is 23.7 Å². The zero-order valence-electron chi connectivity index (χ0n) is 11.8. The molecule has 0 bridgehead atoms. The highest BCUT2D eigenvalue weighted by molar-refractivity contribution is 7.11. The van der Waals surface area contributed by atoms with Crippen molar-refractivity contribution in [2.45, 2.75) is 44.4 Å². The highest BCUT2D eigenvalue weighted by Crippen LogP contribution is 2.33. The first kappa shape index (κ1) is 15.2. The predicted octanol–water partition coefficient (Wildman–Crippen LogP) is 3.13. The second kappa shape index (κ2) is 6.22. The first-order valence-corrected chi connectivity index (χ1v) is 8.31. The van der Waals surface area contributed by atoms with Gasteiger partial charge in [-0.05, 0) is 51.2 Å². The molecule has 1 unspecified atom stereocenters. The number of hydrogen-bond acceptors (Lipinski definition) is 4. The van der Waals surface area contributed by atoms with Crippen molar-refractivity contribution in [3.8, 4) is 0 Å². The van der Waals surface area contributed by atoms with Crippen LogP contribution in [0.25, 0.3) is 0 Å². The molecular formula is C14H20F3N3S. The van der Waals surface area contributed by atoms with Crippen molar-refractivity contribution in [2.24, 2.45) is 5.92 Å². The Labute approximate surface area is 126 Å². The summed E-state index contributed by atoms with van der Waals surface area (Å²) in [4.78, 5) is 6.45. The van der Waals surface area contributed by atoms with E-state index in [1.165, 1.54) is 19.0 Å². The number of nitrogens with one attached hydrogen (secondary N) is 1. The van der Waals surface area contributed by atoms with Crippen molar-refractivity contribution < 1.29 is 13.2 Å². The normalized spacial score (nSPS) is 25.6. The van der Waals surface area contributed by atoms with Crippen molar-refractivity contribution in [3.05, 3.63) is 16.1 Å². The predicted molar refractivity (Wildman–Crippen MR) is 76.1 cm³/mol. The fourth-order valence-electron chi connectivity index (χ4n) is 3.36. The number of halogens is 3. The molecular weight excluding hydrogens is 299 g/mol. The molecule has 1 aromatic rings. The van der Waals surface area contributed by atoms with Crippen molar-refractivity contribution >= 4 is 11.3 Å². The Morgan fingerprint density at radius 2 is 2.05 bits per heavy atom. The topological polar surface area (TPSA) is 28.2 Å². The monoisotopic (exact) mass is 319 g/mol. The summed E-state index contributed by atoms with van der Waals surface area (Å²) in [7, 11) is 0. The standard InChI is InChI=1S/C14H20F3N3S/c15-14(16,17)13-19-8-11(21-13)9-20-6-3-10(4-7-20)12-2-1-5-18-12/h8,10,12,18H,1-7,9H2. The number of rotatable bonds is 3. The van der Waals surface area contributed by atoms with E-state index in [9.17, 15) is 13.2 Å². The Morgan fingerprint density at radius 3 is 2.62 bits per heavy atom. The molecule has 0 amide bonds. The lowest BCUT2D eigenvalue weighted by Gasteiger charge is -2.34. The summed E-state index contributed by atoms with van der Waals surface area (Å²) in [6.45, 7) is 3.68. The molecule has 1 atom stereocenters. The molecule has 2 fully saturated rings. The van der Waals surface area contributed by atoms with Crippen LogP contribution in [0.4, 0.5) is 13.2 Å². The number of thiazole rings is 1. The molecule has 0 radical (unpaired) electrons. The molecule has 7 heteroatoms. The maximum absolute atomic E-state index is 12.5. The van der Waals surface area contributed by atoms with Gasteiger partial charge in [-0.25, -0.2) is 4.98 Å². The highest BCUT2D eigenvalue weighted by atomic mass is 32.1. The van der Waals surface area contributed by atoms with Gasteiger partial charge in [-0.2, -0.15) is 13.2 Å². The lowest BCUT2D eigenvalue weighted by atomic mass is 9.88. The van der Waals surface area contributed by atoms with Gasteiger partial charge in [-0.15, -0.1) is 11.3 Å². The fraction of sp³-hybridized carbons (Fsp3) is 0.786. The molecule has 2 aliphatic heterocycles. The van der Waals surface area contributed by atoms with E-state index in [4.69, 9.17) is 0 Å². The van der Waals surface area contributed by atoms with Crippen LogP contribution in [0.2, 0.25) is 0 Å². The minimum absolute atomic E-state index is 0.596. The van der Waals surface area contributed by atoms with E-state index in [0.29, 0.717) is 17.5 Å². The summed E-state index contributed by atoms with van der Waals surface area (Å²) < 4.78 is 37.6. The Hall–Kier alpha value is -0.660. The van der Waals surface area contributed by atoms with E-state index < -0.39 is 11.2 Å². The summed E-state index contributed by atoms with van der Waals surface area (Å²) in [6, 6.07) is 0.660. The highest BCUT2D eigenvalue weighted by Gasteiger charge is 2.35. The van der Waals surface area contributed by atoms with Gasteiger partial charge in [0.1, 0.15) is 0 Å². The number of nitrogens with zero attached hydrogens (tertiary/aromatic N) is 2. The van der Waals surface area contributed by atoms with E-state index in [0.717, 1.165) is 49.7 Å². The van der Waals surface area contributed by atoms with Gasteiger partial charge in [0.2, 0.25) is 0 Å². The van der Waals surface area contributed by atoms with Gasteiger partial charge in [-0.3, -0.25) is 4.90 Å². The minimum Gasteiger partial charge on any atom is -0.314 e. The molecule has 3 heterocycles. The Bertz CT molecular complexity index is 460. The van der Waals surface area contributed by atoms with E-state index in [2.05, 4.69) is 15.2 Å². The molecule has 21 heavy (non-hydrogen) atoms. The Balaban J connectivity index is 1.50. The Kier molecular flexibility index (Phi) is 4.51. The van der Waals surface area contributed by atoms with Crippen LogP contribution in [0.3, 0.4) is 0 Å². The molecule has 1 N–H and O–H groups in total. The molecule has 3 nitrogen and oxygen atoms in total. The third kappa shape index (κ3) is 3.76. The zero-order chi connectivity index (χ0) is 14.9. The van der Waals surface area contributed by atoms with Crippen molar-refractivity contribution in [3.63, 3.8) is 0 Å². The second-order valence-electron chi connectivity index (χ2n) is 5.95. The van der Waals surface area contributed by atoms with Crippen LogP contribution < -0.4 is 5.32 Å². The lowest BCUT2D eigenvalue weighted by Crippen LogP contribution is -2.40. The molecule has 2 aliphatic rings. The van der Waals surface area contributed by atoms with Crippen LogP contribution >= 0.6 is 11.3 Å². The number of aromatic nitrogens is 1. The first-order chi connectivity index (χ1) is 10.0. The van der Waals surface area contributed by atoms with E-state index in [1.807, 2.05) is 0 Å². The minimum atomic E-state index is -4.32. The van der Waals surface area contributed by atoms with Gasteiger partial charge in [0.15, 0.2) is 5.01 Å². The number of likely N-dealkylation sites (tertiary alicyclic amines) is 1. The molecule has 1 aromatic heterocycles. The molecule has 0 saturated carbocycles. The second-order valence-corrected chi connectivity index (χ2v) is 7.06. The van der Waals surface area contributed by atoms with Gasteiger partial charge in [0.25, 0.3) is 0 Å². The number of hydrogen-bond donors (Lipinski definition) is 1. The van der Waals surface area contributed by atoms with Crippen LogP contribution in [0.1, 0.15) is 35.6 Å². The van der Waals surface area contributed by atoms with Crippen LogP contribution in [-0.4, -0.2) is 35.6 Å². The van der Waals surface area contributed by atoms with Crippen molar-refractivity contribution in [2.75, 3.05) is 19.6 Å². The summed E-state index contributed by atoms with van der Waals surface area (Å²) in [6.07, 6.45) is 1.88. The average Bonchev–Trinajstić information content (AvgIpc) is 3.09. The van der Waals surface area contributed by atoms with Crippen molar-refractivity contribution in [1.82, 2.24) is 15.2 Å². The third-order valence-corrected chi connectivity index (χ3v) is 5.50. The van der Waals surface area contributed by atoms with Gasteiger partial charge < -0.3 is 5.32 Å². The lowest BCUT2D eigenvalue weighted by molar-refractivity contribution is -0.137. The maximum Gasteiger partial charge on any atom is 0.443 e. The molecule has 2 saturated heterocycles. The van der Waals surface area contributed by atoms with Gasteiger partial charge >= 0.3 is 6.18 Å². The third-order valence-electron chi connectivity index (χ3n) is 4.48. The number of piperidine rings is 1. The molecule has 0 aromatic carbocycles. The first-order valence-electron chi connectivity index (χ1n) is 7.50. The molecule has 0 spiro atoms. The molecule has 3 rings (SSSR count). The summed E-state index contributed by atoms with van der Waals surface area (Å²) >= 11 is 0.769. The SMILES string of the molecule is FC(F)(F)c1ncc(CN2CCC(C3CCCN3)CC2)s1. The zero-order valence-corrected chi connectivity index (χ0v) is 12.6. The summed E-state index contributed by atoms with van der Waals surface area (Å²) in [5.74, 6) is 0.732. The largest absolute Gasteiger partial charge is 0.443 e. The fourth-order valence-corrected chi connectivity index (χ4v) is 4.18. The average molecular weight is 319 g/mol. The van der Waals surface area contributed by atoms with Gasteiger partial charge in [0.05, 0.1) is 0 Å². The molecule has 118 valence electrons.